The Kier molecular flexibility index (Phi) is 29.3. The lowest BCUT2D eigenvalue weighted by molar-refractivity contribution is -0.698. The zero-order valence-corrected chi connectivity index (χ0v) is 33.0. The number of aromatic nitrogens is 8. The third-order valence-corrected chi connectivity index (χ3v) is 8.42. The van der Waals surface area contributed by atoms with Gasteiger partial charge < -0.3 is 62.7 Å². The Bertz CT molecular complexity index is 1170. The Morgan fingerprint density at radius 2 is 0.482 bits per heavy atom. The van der Waals surface area contributed by atoms with Gasteiger partial charge in [-0.05, 0) is 0 Å². The van der Waals surface area contributed by atoms with Crippen LogP contribution in [0.5, 0.6) is 0 Å². The molecule has 2 aliphatic rings. The second-order valence-electron chi connectivity index (χ2n) is 12.5. The number of nitrogens with zero attached hydrogens (tertiary/aromatic N) is 8. The Hall–Kier alpha value is -2.90. The summed E-state index contributed by atoms with van der Waals surface area (Å²) in [7, 11) is 0. The van der Waals surface area contributed by atoms with Crippen LogP contribution in [0.15, 0.2) is 74.9 Å². The van der Waals surface area contributed by atoms with Gasteiger partial charge in [-0.3, -0.25) is 0 Å². The minimum atomic E-state index is 0. The second kappa shape index (κ2) is 32.1. The van der Waals surface area contributed by atoms with E-state index in [2.05, 4.69) is 111 Å². The SMILES string of the molecule is C.C.[Cl-].[Cl-].c1c[n+]2cn1CCOCCOCC[n+]1ccn(c1)CCOCCOCC2.c1c[n+]2cn1CCOCCOCC[n+]1ccn(c1)CCOCCOCC2. The minimum Gasteiger partial charge on any atom is -1.00 e. The van der Waals surface area contributed by atoms with Gasteiger partial charge in [0.05, 0.1) is 106 Å². The van der Waals surface area contributed by atoms with E-state index in [4.69, 9.17) is 37.9 Å². The van der Waals surface area contributed by atoms with Crippen molar-refractivity contribution >= 4 is 0 Å². The largest absolute Gasteiger partial charge is 1.00 e. The third-order valence-electron chi connectivity index (χ3n) is 8.42. The van der Waals surface area contributed by atoms with Crippen LogP contribution in [0.25, 0.3) is 0 Å². The fourth-order valence-electron chi connectivity index (χ4n) is 5.46. The van der Waals surface area contributed by atoms with Crippen LogP contribution >= 0.6 is 0 Å². The summed E-state index contributed by atoms with van der Waals surface area (Å²) in [6.07, 6.45) is 24.8. The molecule has 4 aromatic rings. The number of ether oxygens (including phenoxy) is 8. The van der Waals surface area contributed by atoms with E-state index >= 15 is 0 Å². The van der Waals surface area contributed by atoms with Crippen LogP contribution in [0.4, 0.5) is 0 Å². The monoisotopic (exact) mass is 834 g/mol. The van der Waals surface area contributed by atoms with E-state index in [-0.39, 0.29) is 39.7 Å². The van der Waals surface area contributed by atoms with Crippen molar-refractivity contribution in [1.29, 1.82) is 0 Å². The minimum absolute atomic E-state index is 0. The molecule has 18 heteroatoms. The topological polar surface area (TPSA) is 109 Å². The molecule has 56 heavy (non-hydrogen) atoms. The Morgan fingerprint density at radius 1 is 0.286 bits per heavy atom. The number of hydrogen-bond donors (Lipinski definition) is 0. The molecule has 4 aromatic heterocycles. The molecule has 0 unspecified atom stereocenters. The lowest BCUT2D eigenvalue weighted by atomic mass is 10.6. The smallest absolute Gasteiger partial charge is 0.243 e. The number of rotatable bonds is 0. The highest BCUT2D eigenvalue weighted by molar-refractivity contribution is 4.68. The van der Waals surface area contributed by atoms with Crippen molar-refractivity contribution in [3.05, 3.63) is 74.9 Å². The van der Waals surface area contributed by atoms with Crippen molar-refractivity contribution in [3.63, 3.8) is 0 Å². The predicted octanol–water partition coefficient (Wildman–Crippen LogP) is -5.43. The van der Waals surface area contributed by atoms with Crippen LogP contribution in [0.2, 0.25) is 0 Å². The van der Waals surface area contributed by atoms with Gasteiger partial charge in [0.25, 0.3) is 0 Å². The maximum Gasteiger partial charge on any atom is 0.243 e. The Morgan fingerprint density at radius 3 is 0.696 bits per heavy atom. The molecule has 0 fully saturated rings. The first kappa shape index (κ1) is 51.1. The van der Waals surface area contributed by atoms with Crippen LogP contribution in [0.3, 0.4) is 0 Å². The molecular formula is C38H68Cl2N8O8+2. The fourth-order valence-corrected chi connectivity index (χ4v) is 5.46. The maximum atomic E-state index is 5.64. The maximum absolute atomic E-state index is 5.64. The number of imidazole rings is 4. The summed E-state index contributed by atoms with van der Waals surface area (Å²) in [5, 5.41) is 0. The molecule has 0 saturated carbocycles. The Labute approximate surface area is 346 Å². The predicted molar refractivity (Wildman–Crippen MR) is 199 cm³/mol. The molecule has 0 saturated heterocycles. The van der Waals surface area contributed by atoms with E-state index in [0.29, 0.717) is 106 Å². The Balaban J connectivity index is 0.000000523. The summed E-state index contributed by atoms with van der Waals surface area (Å²) in [6, 6.07) is 0. The summed E-state index contributed by atoms with van der Waals surface area (Å²) in [5.74, 6) is 0. The number of fused-ring (bicyclic) bond motifs is 8. The zero-order chi connectivity index (χ0) is 35.7. The average molecular weight is 836 g/mol. The van der Waals surface area contributed by atoms with Gasteiger partial charge in [-0.2, -0.15) is 0 Å². The first-order valence-corrected chi connectivity index (χ1v) is 18.6. The van der Waals surface area contributed by atoms with Crippen molar-refractivity contribution in [3.8, 4) is 0 Å². The molecule has 0 amide bonds. The molecule has 16 nitrogen and oxygen atoms in total. The number of halogens is 2. The summed E-state index contributed by atoms with van der Waals surface area (Å²) in [5.41, 5.74) is 0. The molecule has 2 aliphatic heterocycles. The van der Waals surface area contributed by atoms with Crippen molar-refractivity contribution in [2.75, 3.05) is 106 Å². The molecule has 0 aliphatic carbocycles. The lowest BCUT2D eigenvalue weighted by Gasteiger charge is -2.05. The van der Waals surface area contributed by atoms with Crippen LogP contribution in [0, 0.1) is 0 Å². The molecule has 0 aromatic carbocycles. The molecular weight excluding hydrogens is 767 g/mol. The van der Waals surface area contributed by atoms with E-state index < -0.39 is 0 Å². The van der Waals surface area contributed by atoms with Crippen molar-refractivity contribution in [2.45, 2.75) is 67.2 Å². The van der Waals surface area contributed by atoms with Crippen molar-refractivity contribution in [2.24, 2.45) is 0 Å². The zero-order valence-electron chi connectivity index (χ0n) is 31.5. The second-order valence-corrected chi connectivity index (χ2v) is 12.5. The first-order chi connectivity index (χ1) is 25.8. The molecule has 0 spiro atoms. The van der Waals surface area contributed by atoms with Gasteiger partial charge in [-0.1, -0.05) is 14.9 Å². The molecule has 6 rings (SSSR count). The third kappa shape index (κ3) is 21.6. The van der Waals surface area contributed by atoms with Gasteiger partial charge in [0.1, 0.15) is 102 Å². The van der Waals surface area contributed by atoms with Gasteiger partial charge in [0.2, 0.25) is 25.3 Å². The number of hydrogen-bond acceptors (Lipinski definition) is 8. The van der Waals surface area contributed by atoms with Crippen LogP contribution in [-0.2, 0) is 90.3 Å². The fraction of sp³-hybridized carbons (Fsp3) is 0.684. The molecule has 6 heterocycles. The van der Waals surface area contributed by atoms with E-state index in [1.807, 2.05) is 0 Å². The molecule has 0 atom stereocenters. The highest BCUT2D eigenvalue weighted by Crippen LogP contribution is 1.92. The van der Waals surface area contributed by atoms with Gasteiger partial charge in [-0.25, -0.2) is 36.5 Å². The van der Waals surface area contributed by atoms with Gasteiger partial charge >= 0.3 is 0 Å². The van der Waals surface area contributed by atoms with E-state index in [1.54, 1.807) is 0 Å². The van der Waals surface area contributed by atoms with E-state index in [0.717, 1.165) is 52.4 Å². The quantitative estimate of drug-likeness (QED) is 0.162. The normalized spacial score (nSPS) is 18.0. The molecule has 320 valence electrons. The van der Waals surface area contributed by atoms with Crippen LogP contribution in [-0.4, -0.2) is 124 Å². The lowest BCUT2D eigenvalue weighted by Crippen LogP contribution is -3.00. The summed E-state index contributed by atoms with van der Waals surface area (Å²) < 4.78 is 62.1. The standard InChI is InChI=1S/2C18H30N4O4.2CH4.2ClH/c2*1-2-20-6-10-24-15-16-26-12-8-22-4-3-21(18-22)7-11-25-14-13-23-9-5-19(1)17-20;;;;/h2*1-4,17-18H,5-16H2;2*1H4;2*1H/q2*+2;;;;/p-2. The summed E-state index contributed by atoms with van der Waals surface area (Å²) in [4.78, 5) is 0. The molecule has 8 bridgehead atoms. The van der Waals surface area contributed by atoms with Gasteiger partial charge in [-0.15, -0.1) is 0 Å². The average Bonchev–Trinajstić information content (AvgIpc) is 3.98. The van der Waals surface area contributed by atoms with Crippen molar-refractivity contribution in [1.82, 2.24) is 18.3 Å². The van der Waals surface area contributed by atoms with Crippen molar-refractivity contribution < 1.29 is 81.0 Å². The van der Waals surface area contributed by atoms with Gasteiger partial charge in [0.15, 0.2) is 0 Å². The summed E-state index contributed by atoms with van der Waals surface area (Å²) in [6.45, 7) is 17.2. The first-order valence-electron chi connectivity index (χ1n) is 18.6. The molecule has 0 N–H and O–H groups in total. The highest BCUT2D eigenvalue weighted by Gasteiger charge is 2.08. The van der Waals surface area contributed by atoms with E-state index in [9.17, 15) is 0 Å². The summed E-state index contributed by atoms with van der Waals surface area (Å²) >= 11 is 0. The molecule has 0 radical (unpaired) electrons. The van der Waals surface area contributed by atoms with E-state index in [1.165, 1.54) is 0 Å². The van der Waals surface area contributed by atoms with Gasteiger partial charge in [0, 0.05) is 0 Å². The van der Waals surface area contributed by atoms with Crippen LogP contribution < -0.4 is 43.1 Å². The highest BCUT2D eigenvalue weighted by atomic mass is 35.5. The van der Waals surface area contributed by atoms with Crippen LogP contribution in [0.1, 0.15) is 14.9 Å².